The molecule has 82 valence electrons. The van der Waals surface area contributed by atoms with Crippen LogP contribution in [0.5, 0.6) is 0 Å². The Morgan fingerprint density at radius 1 is 1.43 bits per heavy atom. The van der Waals surface area contributed by atoms with Gasteiger partial charge in [-0.25, -0.2) is 0 Å². The van der Waals surface area contributed by atoms with Crippen molar-refractivity contribution in [3.63, 3.8) is 0 Å². The van der Waals surface area contributed by atoms with Gasteiger partial charge in [-0.2, -0.15) is 0 Å². The summed E-state index contributed by atoms with van der Waals surface area (Å²) in [7, 11) is 0. The summed E-state index contributed by atoms with van der Waals surface area (Å²) < 4.78 is 5.46. The van der Waals surface area contributed by atoms with E-state index < -0.39 is 0 Å². The first-order chi connectivity index (χ1) is 6.85. The first kappa shape index (κ1) is 10.4. The molecular formula is C11H22N2O. The first-order valence-corrected chi connectivity index (χ1v) is 5.89. The van der Waals surface area contributed by atoms with Crippen LogP contribution in [-0.4, -0.2) is 19.3 Å². The van der Waals surface area contributed by atoms with Crippen molar-refractivity contribution >= 4 is 0 Å². The van der Waals surface area contributed by atoms with Crippen LogP contribution in [0.3, 0.4) is 0 Å². The van der Waals surface area contributed by atoms with Crippen molar-refractivity contribution in [2.75, 3.05) is 13.2 Å². The fourth-order valence-electron chi connectivity index (χ4n) is 3.33. The number of ether oxygens (including phenoxy) is 1. The maximum absolute atomic E-state index is 5.60. The maximum atomic E-state index is 5.60. The Bertz CT molecular complexity index is 186. The Labute approximate surface area is 86.4 Å². The van der Waals surface area contributed by atoms with Crippen LogP contribution in [0.15, 0.2) is 0 Å². The fraction of sp³-hybridized carbons (Fsp3) is 1.00. The van der Waals surface area contributed by atoms with E-state index in [9.17, 15) is 0 Å². The zero-order chi connectivity index (χ0) is 9.97. The third-order valence-corrected chi connectivity index (χ3v) is 4.03. The summed E-state index contributed by atoms with van der Waals surface area (Å²) in [5.41, 5.74) is 2.94. The largest absolute Gasteiger partial charge is 0.380 e. The van der Waals surface area contributed by atoms with Crippen LogP contribution < -0.4 is 11.3 Å². The van der Waals surface area contributed by atoms with E-state index in [4.69, 9.17) is 10.6 Å². The van der Waals surface area contributed by atoms with Crippen molar-refractivity contribution in [3.05, 3.63) is 0 Å². The Morgan fingerprint density at radius 3 is 2.79 bits per heavy atom. The first-order valence-electron chi connectivity index (χ1n) is 5.89. The smallest absolute Gasteiger partial charge is 0.0635 e. The number of nitrogens with one attached hydrogen (secondary N) is 1. The monoisotopic (exact) mass is 198 g/mol. The van der Waals surface area contributed by atoms with Crippen LogP contribution >= 0.6 is 0 Å². The minimum atomic E-state index is 0.380. The van der Waals surface area contributed by atoms with E-state index in [1.807, 2.05) is 6.92 Å². The lowest BCUT2D eigenvalue weighted by atomic mass is 9.84. The Balaban J connectivity index is 1.85. The lowest BCUT2D eigenvalue weighted by Gasteiger charge is -2.29. The number of hydrazine groups is 1. The summed E-state index contributed by atoms with van der Waals surface area (Å²) in [6.07, 6.45) is 5.67. The van der Waals surface area contributed by atoms with Gasteiger partial charge in [0.25, 0.3) is 0 Å². The van der Waals surface area contributed by atoms with Crippen LogP contribution in [0.1, 0.15) is 32.6 Å². The number of nitrogens with two attached hydrogens (primary N) is 1. The molecule has 2 fully saturated rings. The highest BCUT2D eigenvalue weighted by molar-refractivity contribution is 4.94. The highest BCUT2D eigenvalue weighted by Crippen LogP contribution is 2.49. The van der Waals surface area contributed by atoms with E-state index in [-0.39, 0.29) is 0 Å². The maximum Gasteiger partial charge on any atom is 0.0635 e. The molecule has 0 heterocycles. The van der Waals surface area contributed by atoms with Crippen LogP contribution in [0.25, 0.3) is 0 Å². The molecule has 2 aliphatic rings. The molecule has 0 amide bonds. The molecule has 2 saturated carbocycles. The van der Waals surface area contributed by atoms with E-state index in [0.29, 0.717) is 6.04 Å². The second kappa shape index (κ2) is 4.60. The SMILES string of the molecule is CCOCC(NN)C1CC2CCC1C2. The van der Waals surface area contributed by atoms with Gasteiger partial charge in [0.05, 0.1) is 6.61 Å². The molecular weight excluding hydrogens is 176 g/mol. The van der Waals surface area contributed by atoms with Crippen molar-refractivity contribution in [3.8, 4) is 0 Å². The normalized spacial score (nSPS) is 37.7. The second-order valence-corrected chi connectivity index (χ2v) is 4.77. The molecule has 14 heavy (non-hydrogen) atoms. The predicted octanol–water partition coefficient (Wildman–Crippen LogP) is 1.29. The molecule has 0 saturated heterocycles. The lowest BCUT2D eigenvalue weighted by molar-refractivity contribution is 0.0885. The van der Waals surface area contributed by atoms with Gasteiger partial charge >= 0.3 is 0 Å². The molecule has 0 aromatic rings. The van der Waals surface area contributed by atoms with Crippen molar-refractivity contribution in [1.29, 1.82) is 0 Å². The molecule has 2 rings (SSSR count). The standard InChI is InChI=1S/C11H22N2O/c1-2-14-7-11(13-12)10-6-8-3-4-9(10)5-8/h8-11,13H,2-7,12H2,1H3. The zero-order valence-electron chi connectivity index (χ0n) is 9.04. The molecule has 0 aliphatic heterocycles. The third-order valence-electron chi connectivity index (χ3n) is 4.03. The Hall–Kier alpha value is -0.120. The summed E-state index contributed by atoms with van der Waals surface area (Å²) in [5, 5.41) is 0. The molecule has 3 nitrogen and oxygen atoms in total. The van der Waals surface area contributed by atoms with E-state index in [0.717, 1.165) is 31.0 Å². The summed E-state index contributed by atoms with van der Waals surface area (Å²) in [6, 6.07) is 0.380. The molecule has 0 aromatic carbocycles. The Kier molecular flexibility index (Phi) is 3.42. The topological polar surface area (TPSA) is 47.3 Å². The van der Waals surface area contributed by atoms with Crippen LogP contribution in [-0.2, 0) is 4.74 Å². The third kappa shape index (κ3) is 1.95. The number of hydrogen-bond donors (Lipinski definition) is 2. The average Bonchev–Trinajstić information content (AvgIpc) is 2.80. The molecule has 4 atom stereocenters. The fourth-order valence-corrected chi connectivity index (χ4v) is 3.33. The summed E-state index contributed by atoms with van der Waals surface area (Å²) in [6.45, 7) is 3.61. The molecule has 0 radical (unpaired) electrons. The lowest BCUT2D eigenvalue weighted by Crippen LogP contribution is -2.45. The van der Waals surface area contributed by atoms with Crippen LogP contribution in [0.4, 0.5) is 0 Å². The molecule has 3 heteroatoms. The molecule has 0 spiro atoms. The van der Waals surface area contributed by atoms with Crippen LogP contribution in [0.2, 0.25) is 0 Å². The van der Waals surface area contributed by atoms with Gasteiger partial charge in [-0.1, -0.05) is 6.42 Å². The average molecular weight is 198 g/mol. The zero-order valence-corrected chi connectivity index (χ0v) is 9.04. The minimum Gasteiger partial charge on any atom is -0.380 e. The van der Waals surface area contributed by atoms with Gasteiger partial charge in [-0.05, 0) is 43.9 Å². The molecule has 0 aromatic heterocycles. The van der Waals surface area contributed by atoms with Gasteiger partial charge in [0, 0.05) is 12.6 Å². The minimum absolute atomic E-state index is 0.380. The van der Waals surface area contributed by atoms with E-state index in [2.05, 4.69) is 5.43 Å². The van der Waals surface area contributed by atoms with Gasteiger partial charge in [-0.15, -0.1) is 0 Å². The number of rotatable bonds is 5. The number of fused-ring (bicyclic) bond motifs is 2. The van der Waals surface area contributed by atoms with Crippen molar-refractivity contribution in [1.82, 2.24) is 5.43 Å². The van der Waals surface area contributed by atoms with E-state index in [1.54, 1.807) is 0 Å². The molecule has 2 bridgehead atoms. The van der Waals surface area contributed by atoms with Crippen molar-refractivity contribution in [2.24, 2.45) is 23.6 Å². The summed E-state index contributed by atoms with van der Waals surface area (Å²) >= 11 is 0. The summed E-state index contributed by atoms with van der Waals surface area (Å²) in [4.78, 5) is 0. The van der Waals surface area contributed by atoms with E-state index >= 15 is 0 Å². The Morgan fingerprint density at radius 2 is 2.29 bits per heavy atom. The quantitative estimate of drug-likeness (QED) is 0.517. The van der Waals surface area contributed by atoms with Crippen molar-refractivity contribution < 1.29 is 4.74 Å². The summed E-state index contributed by atoms with van der Waals surface area (Å²) in [5.74, 6) is 8.27. The molecule has 2 aliphatic carbocycles. The highest BCUT2D eigenvalue weighted by atomic mass is 16.5. The molecule has 3 N–H and O–H groups in total. The van der Waals surface area contributed by atoms with E-state index in [1.165, 1.54) is 25.7 Å². The van der Waals surface area contributed by atoms with Gasteiger partial charge < -0.3 is 4.74 Å². The number of hydrogen-bond acceptors (Lipinski definition) is 3. The van der Waals surface area contributed by atoms with Gasteiger partial charge in [-0.3, -0.25) is 11.3 Å². The molecule has 4 unspecified atom stereocenters. The van der Waals surface area contributed by atoms with Gasteiger partial charge in [0.2, 0.25) is 0 Å². The van der Waals surface area contributed by atoms with Gasteiger partial charge in [0.15, 0.2) is 0 Å². The van der Waals surface area contributed by atoms with Crippen LogP contribution in [0, 0.1) is 17.8 Å². The highest BCUT2D eigenvalue weighted by Gasteiger charge is 2.42. The van der Waals surface area contributed by atoms with Crippen molar-refractivity contribution in [2.45, 2.75) is 38.6 Å². The predicted molar refractivity (Wildman–Crippen MR) is 56.5 cm³/mol. The second-order valence-electron chi connectivity index (χ2n) is 4.77. The van der Waals surface area contributed by atoms with Gasteiger partial charge in [0.1, 0.15) is 0 Å².